The maximum absolute atomic E-state index is 11.6. The van der Waals surface area contributed by atoms with Gasteiger partial charge in [0.05, 0.1) is 11.8 Å². The Labute approximate surface area is 78.6 Å². The van der Waals surface area contributed by atoms with Crippen LogP contribution < -0.4 is 5.73 Å². The topological polar surface area (TPSA) is 60.9 Å². The minimum Gasteiger partial charge on any atom is -0.383 e. The van der Waals surface area contributed by atoms with Gasteiger partial charge in [-0.2, -0.15) is 21.1 Å². The molecule has 4 nitrogen and oxygen atoms in total. The van der Waals surface area contributed by atoms with Gasteiger partial charge in [-0.25, -0.2) is 0 Å². The quantitative estimate of drug-likeness (QED) is 0.740. The van der Waals surface area contributed by atoms with E-state index >= 15 is 0 Å². The summed E-state index contributed by atoms with van der Waals surface area (Å²) in [7, 11) is 0. The zero-order valence-electron chi connectivity index (χ0n) is 6.68. The van der Waals surface area contributed by atoms with Crippen molar-refractivity contribution in [1.82, 2.24) is 9.78 Å². The van der Waals surface area contributed by atoms with Crippen molar-refractivity contribution in [2.24, 2.45) is 0 Å². The van der Waals surface area contributed by atoms with Crippen molar-refractivity contribution in [2.75, 3.05) is 5.73 Å². The first-order chi connectivity index (χ1) is 6.29. The van der Waals surface area contributed by atoms with Gasteiger partial charge < -0.3 is 5.73 Å². The number of rotatable bonds is 1. The number of nitrogens with zero attached hydrogens (tertiary/aromatic N) is 2. The molecule has 13 heavy (non-hydrogen) atoms. The highest BCUT2D eigenvalue weighted by molar-refractivity contribution is 7.08. The van der Waals surface area contributed by atoms with E-state index in [9.17, 15) is 4.79 Å². The SMILES string of the molecule is Nc1ccnn1C(=O)c1ccsc1. The van der Waals surface area contributed by atoms with E-state index in [1.54, 1.807) is 17.5 Å². The summed E-state index contributed by atoms with van der Waals surface area (Å²) in [4.78, 5) is 11.6. The fourth-order valence-corrected chi connectivity index (χ4v) is 1.62. The summed E-state index contributed by atoms with van der Waals surface area (Å²) in [5.74, 6) is 0.167. The second-order valence-corrected chi connectivity index (χ2v) is 3.27. The van der Waals surface area contributed by atoms with Crippen LogP contribution in [-0.4, -0.2) is 15.7 Å². The number of thiophene rings is 1. The van der Waals surface area contributed by atoms with Crippen molar-refractivity contribution in [2.45, 2.75) is 0 Å². The predicted octanol–water partition coefficient (Wildman–Crippen LogP) is 1.22. The van der Waals surface area contributed by atoms with E-state index in [2.05, 4.69) is 5.10 Å². The first-order valence-corrected chi connectivity index (χ1v) is 4.60. The molecule has 2 N–H and O–H groups in total. The molecule has 0 aromatic carbocycles. The van der Waals surface area contributed by atoms with Gasteiger partial charge in [-0.15, -0.1) is 0 Å². The molecule has 0 radical (unpaired) electrons. The zero-order chi connectivity index (χ0) is 9.26. The first-order valence-electron chi connectivity index (χ1n) is 3.65. The van der Waals surface area contributed by atoms with Crippen LogP contribution in [0.25, 0.3) is 0 Å². The average Bonchev–Trinajstić information content (AvgIpc) is 2.72. The zero-order valence-corrected chi connectivity index (χ0v) is 7.49. The fourth-order valence-electron chi connectivity index (χ4n) is 0.992. The van der Waals surface area contributed by atoms with Gasteiger partial charge in [-0.3, -0.25) is 4.79 Å². The number of hydrogen-bond donors (Lipinski definition) is 1. The van der Waals surface area contributed by atoms with Crippen LogP contribution in [0.4, 0.5) is 5.82 Å². The Kier molecular flexibility index (Phi) is 1.86. The maximum atomic E-state index is 11.6. The van der Waals surface area contributed by atoms with E-state index < -0.39 is 0 Å². The molecule has 0 fully saturated rings. The van der Waals surface area contributed by atoms with E-state index in [0.717, 1.165) is 0 Å². The number of nitrogen functional groups attached to an aromatic ring is 1. The lowest BCUT2D eigenvalue weighted by molar-refractivity contribution is 0.0948. The lowest BCUT2D eigenvalue weighted by Gasteiger charge is -1.98. The molecule has 2 rings (SSSR count). The Morgan fingerprint density at radius 3 is 2.92 bits per heavy atom. The normalized spacial score (nSPS) is 10.2. The number of aromatic nitrogens is 2. The van der Waals surface area contributed by atoms with Crippen LogP contribution in [0, 0.1) is 0 Å². The minimum absolute atomic E-state index is 0.191. The van der Waals surface area contributed by atoms with Crippen LogP contribution in [0.15, 0.2) is 29.1 Å². The number of carbonyl (C=O) groups is 1. The molecule has 66 valence electrons. The molecule has 0 aliphatic rings. The van der Waals surface area contributed by atoms with Crippen LogP contribution >= 0.6 is 11.3 Å². The van der Waals surface area contributed by atoms with Crippen molar-refractivity contribution in [3.8, 4) is 0 Å². The molecule has 0 saturated heterocycles. The van der Waals surface area contributed by atoms with E-state index in [0.29, 0.717) is 11.4 Å². The van der Waals surface area contributed by atoms with Crippen LogP contribution in [0.1, 0.15) is 10.4 Å². The molecule has 0 saturated carbocycles. The summed E-state index contributed by atoms with van der Waals surface area (Å²) in [6.07, 6.45) is 1.50. The number of carbonyl (C=O) groups excluding carboxylic acids is 1. The molecule has 0 spiro atoms. The molecule has 0 unspecified atom stereocenters. The van der Waals surface area contributed by atoms with E-state index in [1.807, 2.05) is 5.38 Å². The summed E-state index contributed by atoms with van der Waals surface area (Å²) < 4.78 is 1.18. The molecule has 0 amide bonds. The predicted molar refractivity (Wildman–Crippen MR) is 50.7 cm³/mol. The highest BCUT2D eigenvalue weighted by Crippen LogP contribution is 2.10. The Morgan fingerprint density at radius 2 is 2.38 bits per heavy atom. The van der Waals surface area contributed by atoms with E-state index in [4.69, 9.17) is 5.73 Å². The van der Waals surface area contributed by atoms with Gasteiger partial charge in [-0.05, 0) is 11.4 Å². The van der Waals surface area contributed by atoms with E-state index in [1.165, 1.54) is 22.2 Å². The molecule has 2 aromatic rings. The highest BCUT2D eigenvalue weighted by atomic mass is 32.1. The van der Waals surface area contributed by atoms with Crippen LogP contribution in [0.3, 0.4) is 0 Å². The van der Waals surface area contributed by atoms with E-state index in [-0.39, 0.29) is 5.91 Å². The van der Waals surface area contributed by atoms with Crippen molar-refractivity contribution in [3.63, 3.8) is 0 Å². The number of nitrogens with two attached hydrogens (primary N) is 1. The fraction of sp³-hybridized carbons (Fsp3) is 0. The third kappa shape index (κ3) is 1.33. The molecular formula is C8H7N3OS. The monoisotopic (exact) mass is 193 g/mol. The number of anilines is 1. The van der Waals surface area contributed by atoms with Crippen LogP contribution in [-0.2, 0) is 0 Å². The van der Waals surface area contributed by atoms with Crippen molar-refractivity contribution in [3.05, 3.63) is 34.7 Å². The van der Waals surface area contributed by atoms with Crippen molar-refractivity contribution < 1.29 is 4.79 Å². The second-order valence-electron chi connectivity index (χ2n) is 2.49. The lowest BCUT2D eigenvalue weighted by Crippen LogP contribution is -2.14. The molecule has 0 atom stereocenters. The molecule has 0 aliphatic carbocycles. The Bertz CT molecular complexity index is 418. The highest BCUT2D eigenvalue weighted by Gasteiger charge is 2.11. The maximum Gasteiger partial charge on any atom is 0.280 e. The molecule has 0 bridgehead atoms. The van der Waals surface area contributed by atoms with Crippen molar-refractivity contribution >= 4 is 23.1 Å². The molecule has 2 heterocycles. The Balaban J connectivity index is 2.39. The molecule has 2 aromatic heterocycles. The van der Waals surface area contributed by atoms with Gasteiger partial charge in [0.25, 0.3) is 5.91 Å². The minimum atomic E-state index is -0.191. The molecular weight excluding hydrogens is 186 g/mol. The van der Waals surface area contributed by atoms with Gasteiger partial charge in [0.1, 0.15) is 5.82 Å². The third-order valence-electron chi connectivity index (χ3n) is 1.63. The Morgan fingerprint density at radius 1 is 1.54 bits per heavy atom. The molecule has 5 heteroatoms. The summed E-state index contributed by atoms with van der Waals surface area (Å²) in [6.45, 7) is 0. The largest absolute Gasteiger partial charge is 0.383 e. The van der Waals surface area contributed by atoms with Gasteiger partial charge in [0, 0.05) is 11.4 Å². The van der Waals surface area contributed by atoms with Gasteiger partial charge in [0.15, 0.2) is 0 Å². The Hall–Kier alpha value is -1.62. The summed E-state index contributed by atoms with van der Waals surface area (Å²) in [5.41, 5.74) is 6.14. The van der Waals surface area contributed by atoms with Gasteiger partial charge in [-0.1, -0.05) is 0 Å². The summed E-state index contributed by atoms with van der Waals surface area (Å²) >= 11 is 1.47. The average molecular weight is 193 g/mol. The standard InChI is InChI=1S/C8H7N3OS/c9-7-1-3-10-11(7)8(12)6-2-4-13-5-6/h1-5H,9H2. The van der Waals surface area contributed by atoms with Crippen molar-refractivity contribution in [1.29, 1.82) is 0 Å². The summed E-state index contributed by atoms with van der Waals surface area (Å²) in [6, 6.07) is 3.33. The van der Waals surface area contributed by atoms with Crippen LogP contribution in [0.2, 0.25) is 0 Å². The third-order valence-corrected chi connectivity index (χ3v) is 2.32. The van der Waals surface area contributed by atoms with Crippen LogP contribution in [0.5, 0.6) is 0 Å². The first kappa shape index (κ1) is 8.00. The summed E-state index contributed by atoms with van der Waals surface area (Å²) in [5, 5.41) is 7.43. The lowest BCUT2D eigenvalue weighted by atomic mass is 10.3. The van der Waals surface area contributed by atoms with Gasteiger partial charge >= 0.3 is 0 Å². The smallest absolute Gasteiger partial charge is 0.280 e. The molecule has 0 aliphatic heterocycles. The number of hydrogen-bond acceptors (Lipinski definition) is 4. The van der Waals surface area contributed by atoms with Gasteiger partial charge in [0.2, 0.25) is 0 Å². The second kappa shape index (κ2) is 3.02.